The van der Waals surface area contributed by atoms with Crippen molar-refractivity contribution < 1.29 is 12.8 Å². The maximum atomic E-state index is 12.8. The van der Waals surface area contributed by atoms with Crippen molar-refractivity contribution in [1.29, 1.82) is 0 Å². The zero-order valence-corrected chi connectivity index (χ0v) is 19.1. The van der Waals surface area contributed by atoms with Gasteiger partial charge < -0.3 is 4.43 Å². The molecule has 0 fully saturated rings. The molecule has 0 amide bonds. The summed E-state index contributed by atoms with van der Waals surface area (Å²) < 4.78 is 34.6. The Bertz CT molecular complexity index is 768. The minimum absolute atomic E-state index is 0.0611. The topological polar surface area (TPSA) is 55.4 Å². The first-order valence-corrected chi connectivity index (χ1v) is 13.3. The maximum absolute atomic E-state index is 12.8. The molecule has 6 heteroatoms. The van der Waals surface area contributed by atoms with Crippen molar-refractivity contribution in [3.8, 4) is 0 Å². The second-order valence-electron chi connectivity index (χ2n) is 8.17. The Kier molecular flexibility index (Phi) is 7.63. The van der Waals surface area contributed by atoms with E-state index in [-0.39, 0.29) is 9.93 Å². The number of rotatable bonds is 7. The number of hydrogen-bond acceptors (Lipinski definition) is 3. The van der Waals surface area contributed by atoms with Crippen molar-refractivity contribution in [2.75, 3.05) is 6.61 Å². The molecule has 146 valence electrons. The van der Waals surface area contributed by atoms with Crippen molar-refractivity contribution in [2.45, 2.75) is 70.6 Å². The summed E-state index contributed by atoms with van der Waals surface area (Å²) in [4.78, 5) is 0.258. The number of aryl methyl sites for hydroxylation is 1. The third kappa shape index (κ3) is 6.22. The molecule has 0 bridgehead atoms. The fourth-order valence-corrected chi connectivity index (χ4v) is 4.32. The second-order valence-corrected chi connectivity index (χ2v) is 14.7. The molecule has 0 unspecified atom stereocenters. The summed E-state index contributed by atoms with van der Waals surface area (Å²) in [6.45, 7) is 16.8. The van der Waals surface area contributed by atoms with Gasteiger partial charge in [-0.25, -0.2) is 13.1 Å². The van der Waals surface area contributed by atoms with Gasteiger partial charge in [-0.1, -0.05) is 38.5 Å². The molecule has 4 nitrogen and oxygen atoms in total. The van der Waals surface area contributed by atoms with Gasteiger partial charge in [-0.3, -0.25) is 0 Å². The van der Waals surface area contributed by atoms with Crippen LogP contribution in [-0.2, 0) is 14.4 Å². The summed E-state index contributed by atoms with van der Waals surface area (Å²) in [6, 6.07) is 6.39. The van der Waals surface area contributed by atoms with Gasteiger partial charge >= 0.3 is 0 Å². The first-order chi connectivity index (χ1) is 11.8. The van der Waals surface area contributed by atoms with Crippen LogP contribution in [0.1, 0.15) is 40.2 Å². The molecule has 0 saturated heterocycles. The number of hydrogen-bond donors (Lipinski definition) is 1. The van der Waals surface area contributed by atoms with Crippen LogP contribution in [0.5, 0.6) is 0 Å². The highest BCUT2D eigenvalue weighted by molar-refractivity contribution is 7.89. The van der Waals surface area contributed by atoms with E-state index in [1.807, 2.05) is 20.8 Å². The lowest BCUT2D eigenvalue weighted by Gasteiger charge is -2.37. The average molecular weight is 396 g/mol. The Balaban J connectivity index is 3.08. The Hall–Kier alpha value is -1.17. The third-order valence-electron chi connectivity index (χ3n) is 4.94. The SMILES string of the molecule is CC=C=C(C)[C@@H](CO[Si](C)(C)C(C)(C)C)NS(=O)(=O)c1ccc(C)cc1. The molecule has 0 aliphatic carbocycles. The predicted molar refractivity (Wildman–Crippen MR) is 111 cm³/mol. The van der Waals surface area contributed by atoms with Crippen molar-refractivity contribution >= 4 is 18.3 Å². The van der Waals surface area contributed by atoms with Crippen LogP contribution in [0.3, 0.4) is 0 Å². The molecule has 0 spiro atoms. The molecular formula is C20H33NO3SSi. The molecule has 0 saturated carbocycles. The van der Waals surface area contributed by atoms with E-state index in [9.17, 15) is 8.42 Å². The van der Waals surface area contributed by atoms with Crippen LogP contribution in [0.2, 0.25) is 18.1 Å². The van der Waals surface area contributed by atoms with E-state index in [1.54, 1.807) is 30.3 Å². The second kappa shape index (κ2) is 8.68. The molecule has 1 rings (SSSR count). The van der Waals surface area contributed by atoms with Crippen LogP contribution >= 0.6 is 0 Å². The highest BCUT2D eigenvalue weighted by Gasteiger charge is 2.38. The maximum Gasteiger partial charge on any atom is 0.241 e. The summed E-state index contributed by atoms with van der Waals surface area (Å²) in [5.41, 5.74) is 4.93. The van der Waals surface area contributed by atoms with E-state index in [2.05, 4.69) is 44.3 Å². The van der Waals surface area contributed by atoms with Crippen LogP contribution in [0.25, 0.3) is 0 Å². The van der Waals surface area contributed by atoms with E-state index in [0.29, 0.717) is 6.61 Å². The molecule has 26 heavy (non-hydrogen) atoms. The number of nitrogens with one attached hydrogen (secondary N) is 1. The van der Waals surface area contributed by atoms with Crippen molar-refractivity contribution in [1.82, 2.24) is 4.72 Å². The van der Waals surface area contributed by atoms with Gasteiger partial charge in [-0.2, -0.15) is 0 Å². The zero-order valence-electron chi connectivity index (χ0n) is 17.3. The molecule has 0 aromatic heterocycles. The molecule has 0 aliphatic heterocycles. The van der Waals surface area contributed by atoms with Gasteiger partial charge in [-0.15, -0.1) is 5.73 Å². The highest BCUT2D eigenvalue weighted by atomic mass is 32.2. The molecule has 1 aromatic carbocycles. The normalized spacial score (nSPS) is 13.8. The van der Waals surface area contributed by atoms with Crippen LogP contribution in [-0.4, -0.2) is 29.4 Å². The van der Waals surface area contributed by atoms with Gasteiger partial charge in [0.2, 0.25) is 10.0 Å². The lowest BCUT2D eigenvalue weighted by atomic mass is 10.1. The largest absolute Gasteiger partial charge is 0.415 e. The summed E-state index contributed by atoms with van der Waals surface area (Å²) in [5, 5.41) is 0.0611. The summed E-state index contributed by atoms with van der Waals surface area (Å²) in [5.74, 6) is 0. The van der Waals surface area contributed by atoms with E-state index in [1.165, 1.54) is 0 Å². The monoisotopic (exact) mass is 395 g/mol. The van der Waals surface area contributed by atoms with Crippen molar-refractivity contribution in [3.63, 3.8) is 0 Å². The third-order valence-corrected chi connectivity index (χ3v) is 10.9. The number of sulfonamides is 1. The molecule has 0 aliphatic rings. The van der Waals surface area contributed by atoms with Gasteiger partial charge in [0.15, 0.2) is 8.32 Å². The lowest BCUT2D eigenvalue weighted by molar-refractivity contribution is 0.268. The predicted octanol–water partition coefficient (Wildman–Crippen LogP) is 4.79. The molecule has 1 N–H and O–H groups in total. The van der Waals surface area contributed by atoms with Crippen LogP contribution in [0.15, 0.2) is 46.5 Å². The van der Waals surface area contributed by atoms with Crippen molar-refractivity contribution in [2.24, 2.45) is 0 Å². The quantitative estimate of drug-likeness (QED) is 0.534. The highest BCUT2D eigenvalue weighted by Crippen LogP contribution is 2.36. The zero-order chi connectivity index (χ0) is 20.2. The van der Waals surface area contributed by atoms with Gasteiger partial charge in [-0.05, 0) is 62.7 Å². The minimum atomic E-state index is -3.63. The van der Waals surface area contributed by atoms with Crippen LogP contribution < -0.4 is 4.72 Å². The Morgan fingerprint density at radius 2 is 1.81 bits per heavy atom. The lowest BCUT2D eigenvalue weighted by Crippen LogP contribution is -2.46. The fourth-order valence-electron chi connectivity index (χ4n) is 2.06. The Labute approximate surface area is 160 Å². The molecule has 0 heterocycles. The number of benzene rings is 1. The first-order valence-electron chi connectivity index (χ1n) is 8.91. The summed E-state index contributed by atoms with van der Waals surface area (Å²) in [6.07, 6.45) is 1.79. The molecule has 0 radical (unpaired) electrons. The van der Waals surface area contributed by atoms with Gasteiger partial charge in [0.05, 0.1) is 17.5 Å². The standard InChI is InChI=1S/C20H33NO3SSi/c1-9-10-17(3)19(15-24-26(7,8)20(4,5)6)21-25(22,23)18-13-11-16(2)12-14-18/h9,11-14,19,21H,15H2,1-8H3/t10?,19-/m1/s1. The smallest absolute Gasteiger partial charge is 0.241 e. The van der Waals surface area contributed by atoms with Gasteiger partial charge in [0.1, 0.15) is 0 Å². The fraction of sp³-hybridized carbons (Fsp3) is 0.550. The Morgan fingerprint density at radius 3 is 2.27 bits per heavy atom. The van der Waals surface area contributed by atoms with Crippen molar-refractivity contribution in [3.05, 3.63) is 47.2 Å². The van der Waals surface area contributed by atoms with E-state index < -0.39 is 24.4 Å². The van der Waals surface area contributed by atoms with Crippen LogP contribution in [0, 0.1) is 6.92 Å². The molecule has 1 aromatic rings. The van der Waals surface area contributed by atoms with E-state index >= 15 is 0 Å². The minimum Gasteiger partial charge on any atom is -0.415 e. The average Bonchev–Trinajstić information content (AvgIpc) is 2.51. The van der Waals surface area contributed by atoms with Crippen LogP contribution in [0.4, 0.5) is 0 Å². The first kappa shape index (κ1) is 22.9. The van der Waals surface area contributed by atoms with Gasteiger partial charge in [0, 0.05) is 0 Å². The van der Waals surface area contributed by atoms with E-state index in [0.717, 1.165) is 11.1 Å². The van der Waals surface area contributed by atoms with Gasteiger partial charge in [0.25, 0.3) is 0 Å². The Morgan fingerprint density at radius 1 is 1.27 bits per heavy atom. The summed E-state index contributed by atoms with van der Waals surface area (Å²) >= 11 is 0. The molecule has 1 atom stereocenters. The molecular weight excluding hydrogens is 362 g/mol. The van der Waals surface area contributed by atoms with E-state index in [4.69, 9.17) is 4.43 Å². The summed E-state index contributed by atoms with van der Waals surface area (Å²) in [7, 11) is -5.62.